The van der Waals surface area contributed by atoms with Gasteiger partial charge in [-0.2, -0.15) is 0 Å². The average molecular weight is 284 g/mol. The summed E-state index contributed by atoms with van der Waals surface area (Å²) in [6.45, 7) is 0.643. The van der Waals surface area contributed by atoms with Crippen LogP contribution in [-0.4, -0.2) is 43.8 Å². The van der Waals surface area contributed by atoms with Gasteiger partial charge in [-0.05, 0) is 37.7 Å². The van der Waals surface area contributed by atoms with E-state index in [0.717, 1.165) is 25.4 Å². The van der Waals surface area contributed by atoms with Gasteiger partial charge in [0, 0.05) is 26.1 Å². The molecule has 114 valence electrons. The molecule has 2 atom stereocenters. The van der Waals surface area contributed by atoms with Crippen molar-refractivity contribution in [2.24, 2.45) is 5.92 Å². The molecule has 0 saturated heterocycles. The fraction of sp³-hybridized carbons (Fsp3) is 0.667. The second kappa shape index (κ2) is 12.7. The Morgan fingerprint density at radius 1 is 1.20 bits per heavy atom. The number of aliphatic hydroxyl groups is 1. The number of ether oxygens (including phenoxy) is 1. The van der Waals surface area contributed by atoms with Crippen LogP contribution < -0.4 is 0 Å². The first-order chi connectivity index (χ1) is 9.69. The highest BCUT2D eigenvalue weighted by molar-refractivity contribution is 5.73. The van der Waals surface area contributed by atoms with E-state index in [9.17, 15) is 19.5 Å². The Bertz CT molecular complexity index is 311. The first kappa shape index (κ1) is 18.7. The number of unbranched alkanes of at least 4 members (excludes halogenated alkanes) is 1. The van der Waals surface area contributed by atoms with Gasteiger partial charge in [-0.25, -0.2) is 0 Å². The number of carbonyl (C=O) groups excluding carboxylic acids is 3. The van der Waals surface area contributed by atoms with Crippen LogP contribution in [0.5, 0.6) is 0 Å². The molecular formula is C15H24O5. The van der Waals surface area contributed by atoms with Gasteiger partial charge >= 0.3 is 0 Å². The number of allylic oxidation sites excluding steroid dienone is 2. The summed E-state index contributed by atoms with van der Waals surface area (Å²) in [5, 5.41) is 9.88. The molecule has 0 saturated carbocycles. The molecule has 0 radical (unpaired) electrons. The zero-order valence-corrected chi connectivity index (χ0v) is 12.0. The predicted molar refractivity (Wildman–Crippen MR) is 75.3 cm³/mol. The summed E-state index contributed by atoms with van der Waals surface area (Å²) < 4.78 is 4.91. The molecule has 0 spiro atoms. The van der Waals surface area contributed by atoms with E-state index in [-0.39, 0.29) is 6.42 Å². The van der Waals surface area contributed by atoms with E-state index in [4.69, 9.17) is 4.74 Å². The van der Waals surface area contributed by atoms with Gasteiger partial charge in [0.2, 0.25) is 0 Å². The van der Waals surface area contributed by atoms with Crippen molar-refractivity contribution in [3.63, 3.8) is 0 Å². The molecule has 0 heterocycles. The van der Waals surface area contributed by atoms with Crippen molar-refractivity contribution in [1.82, 2.24) is 0 Å². The molecule has 0 fully saturated rings. The van der Waals surface area contributed by atoms with E-state index in [1.54, 1.807) is 7.11 Å². The lowest BCUT2D eigenvalue weighted by atomic mass is 9.93. The van der Waals surface area contributed by atoms with Crippen molar-refractivity contribution in [2.75, 3.05) is 13.7 Å². The van der Waals surface area contributed by atoms with Gasteiger partial charge in [-0.1, -0.05) is 6.08 Å². The smallest absolute Gasteiger partial charge is 0.145 e. The van der Waals surface area contributed by atoms with Crippen molar-refractivity contribution < 1.29 is 24.2 Å². The SMILES string of the molecule is COCCC/C=C(\C=O)CCC(O)C(C=O)CCC=O. The molecule has 0 aromatic rings. The van der Waals surface area contributed by atoms with Crippen LogP contribution in [0, 0.1) is 5.92 Å². The quantitative estimate of drug-likeness (QED) is 0.315. The Labute approximate surface area is 120 Å². The van der Waals surface area contributed by atoms with Crippen molar-refractivity contribution in [1.29, 1.82) is 0 Å². The van der Waals surface area contributed by atoms with Crippen LogP contribution in [0.15, 0.2) is 11.6 Å². The highest BCUT2D eigenvalue weighted by Crippen LogP contribution is 2.16. The molecule has 5 heteroatoms. The maximum atomic E-state index is 10.9. The first-order valence-electron chi connectivity index (χ1n) is 6.89. The number of methoxy groups -OCH3 is 1. The van der Waals surface area contributed by atoms with Crippen molar-refractivity contribution in [3.05, 3.63) is 11.6 Å². The fourth-order valence-corrected chi connectivity index (χ4v) is 1.86. The summed E-state index contributed by atoms with van der Waals surface area (Å²) in [7, 11) is 1.62. The third-order valence-electron chi connectivity index (χ3n) is 3.13. The topological polar surface area (TPSA) is 80.7 Å². The molecule has 0 aliphatic rings. The van der Waals surface area contributed by atoms with Gasteiger partial charge in [0.15, 0.2) is 0 Å². The van der Waals surface area contributed by atoms with Gasteiger partial charge in [0.05, 0.1) is 6.10 Å². The minimum atomic E-state index is -0.810. The van der Waals surface area contributed by atoms with Gasteiger partial charge in [0.1, 0.15) is 18.9 Å². The molecule has 0 amide bonds. The van der Waals surface area contributed by atoms with Crippen LogP contribution in [0.3, 0.4) is 0 Å². The molecule has 0 aromatic carbocycles. The van der Waals surface area contributed by atoms with E-state index in [2.05, 4.69) is 0 Å². The summed E-state index contributed by atoms with van der Waals surface area (Å²) in [4.78, 5) is 32.0. The lowest BCUT2D eigenvalue weighted by molar-refractivity contribution is -0.115. The zero-order chi connectivity index (χ0) is 15.2. The molecule has 1 N–H and O–H groups in total. The molecule has 0 aromatic heterocycles. The fourth-order valence-electron chi connectivity index (χ4n) is 1.86. The van der Waals surface area contributed by atoms with E-state index in [1.807, 2.05) is 6.08 Å². The summed E-state index contributed by atoms with van der Waals surface area (Å²) >= 11 is 0. The molecule has 0 rings (SSSR count). The molecule has 5 nitrogen and oxygen atoms in total. The zero-order valence-electron chi connectivity index (χ0n) is 12.0. The molecular weight excluding hydrogens is 260 g/mol. The molecule has 0 aliphatic heterocycles. The maximum absolute atomic E-state index is 10.9. The van der Waals surface area contributed by atoms with Crippen LogP contribution in [-0.2, 0) is 19.1 Å². The Kier molecular flexibility index (Phi) is 11.8. The Balaban J connectivity index is 4.15. The number of aldehydes is 3. The van der Waals surface area contributed by atoms with Crippen molar-refractivity contribution in [3.8, 4) is 0 Å². The van der Waals surface area contributed by atoms with E-state index >= 15 is 0 Å². The monoisotopic (exact) mass is 284 g/mol. The standard InChI is InChI=1S/C15H24O5/c1-20-10-3-2-5-13(11-17)7-8-15(19)14(12-18)6-4-9-16/h5,9,11-12,14-15,19H,2-4,6-8,10H2,1H3/b13-5-. The van der Waals surface area contributed by atoms with Gasteiger partial charge in [-0.15, -0.1) is 0 Å². The normalized spacial score (nSPS) is 14.6. The molecule has 2 unspecified atom stereocenters. The Morgan fingerprint density at radius 3 is 2.50 bits per heavy atom. The van der Waals surface area contributed by atoms with Gasteiger partial charge in [-0.3, -0.25) is 4.79 Å². The van der Waals surface area contributed by atoms with Crippen molar-refractivity contribution >= 4 is 18.9 Å². The lowest BCUT2D eigenvalue weighted by Crippen LogP contribution is -2.22. The first-order valence-corrected chi connectivity index (χ1v) is 6.89. The second-order valence-electron chi connectivity index (χ2n) is 4.68. The number of rotatable bonds is 13. The average Bonchev–Trinajstić information content (AvgIpc) is 2.47. The summed E-state index contributed by atoms with van der Waals surface area (Å²) in [6.07, 6.45) is 6.19. The van der Waals surface area contributed by atoms with Gasteiger partial charge < -0.3 is 19.4 Å². The van der Waals surface area contributed by atoms with Crippen LogP contribution in [0.1, 0.15) is 38.5 Å². The number of hydrogen-bond donors (Lipinski definition) is 1. The third-order valence-corrected chi connectivity index (χ3v) is 3.13. The molecule has 20 heavy (non-hydrogen) atoms. The van der Waals surface area contributed by atoms with Crippen LogP contribution >= 0.6 is 0 Å². The summed E-state index contributed by atoms with van der Waals surface area (Å²) in [5.74, 6) is -0.540. The summed E-state index contributed by atoms with van der Waals surface area (Å²) in [6, 6.07) is 0. The maximum Gasteiger partial charge on any atom is 0.145 e. The van der Waals surface area contributed by atoms with E-state index in [0.29, 0.717) is 37.7 Å². The van der Waals surface area contributed by atoms with Crippen LogP contribution in [0.4, 0.5) is 0 Å². The predicted octanol–water partition coefficient (Wildman–Crippen LogP) is 1.47. The largest absolute Gasteiger partial charge is 0.392 e. The second-order valence-corrected chi connectivity index (χ2v) is 4.68. The third kappa shape index (κ3) is 8.72. The van der Waals surface area contributed by atoms with E-state index < -0.39 is 12.0 Å². The number of hydrogen-bond acceptors (Lipinski definition) is 5. The highest BCUT2D eigenvalue weighted by Gasteiger charge is 2.18. The molecule has 0 aliphatic carbocycles. The Morgan fingerprint density at radius 2 is 1.95 bits per heavy atom. The van der Waals surface area contributed by atoms with Crippen molar-refractivity contribution in [2.45, 2.75) is 44.6 Å². The lowest BCUT2D eigenvalue weighted by Gasteiger charge is -2.16. The highest BCUT2D eigenvalue weighted by atomic mass is 16.5. The minimum absolute atomic E-state index is 0.258. The summed E-state index contributed by atoms with van der Waals surface area (Å²) in [5.41, 5.74) is 0.625. The number of aliphatic hydroxyl groups excluding tert-OH is 1. The Hall–Kier alpha value is -1.33. The van der Waals surface area contributed by atoms with Crippen LogP contribution in [0.2, 0.25) is 0 Å². The van der Waals surface area contributed by atoms with Crippen LogP contribution in [0.25, 0.3) is 0 Å². The van der Waals surface area contributed by atoms with Gasteiger partial charge in [0.25, 0.3) is 0 Å². The van der Waals surface area contributed by atoms with E-state index in [1.165, 1.54) is 0 Å². The number of carbonyl (C=O) groups is 3. The minimum Gasteiger partial charge on any atom is -0.392 e. The molecule has 0 bridgehead atoms.